The number of guanidine groups is 1. The Kier molecular flexibility index (Phi) is 9.07. The fraction of sp³-hybridized carbons (Fsp3) is 0.632. The van der Waals surface area contributed by atoms with Gasteiger partial charge in [-0.15, -0.1) is 0 Å². The van der Waals surface area contributed by atoms with Gasteiger partial charge in [0.05, 0.1) is 6.54 Å². The zero-order chi connectivity index (χ0) is 19.6. The van der Waals surface area contributed by atoms with Gasteiger partial charge in [-0.1, -0.05) is 18.5 Å². The predicted molar refractivity (Wildman–Crippen MR) is 106 cm³/mol. The molecule has 1 saturated heterocycles. The maximum atomic E-state index is 12.6. The fourth-order valence-electron chi connectivity index (χ4n) is 3.18. The molecule has 0 aromatic heterocycles. The van der Waals surface area contributed by atoms with Crippen molar-refractivity contribution in [2.75, 3.05) is 26.2 Å². The van der Waals surface area contributed by atoms with E-state index >= 15 is 0 Å². The average Bonchev–Trinajstić information content (AvgIpc) is 2.63. The van der Waals surface area contributed by atoms with E-state index in [1.165, 1.54) is 18.6 Å². The quantitative estimate of drug-likeness (QED) is 0.512. The molecule has 0 saturated carbocycles. The van der Waals surface area contributed by atoms with E-state index in [1.807, 2.05) is 6.92 Å². The van der Waals surface area contributed by atoms with Crippen LogP contribution in [0.2, 0.25) is 5.02 Å². The second kappa shape index (κ2) is 11.3. The lowest BCUT2D eigenvalue weighted by Gasteiger charge is -2.32. The van der Waals surface area contributed by atoms with Crippen LogP contribution >= 0.6 is 11.6 Å². The largest absolute Gasteiger partial charge is 0.434 e. The number of ether oxygens (including phenoxy) is 1. The molecule has 27 heavy (non-hydrogen) atoms. The van der Waals surface area contributed by atoms with E-state index in [0.29, 0.717) is 22.6 Å². The lowest BCUT2D eigenvalue weighted by Crippen LogP contribution is -2.48. The minimum atomic E-state index is -2.88. The first-order chi connectivity index (χ1) is 13.0. The highest BCUT2D eigenvalue weighted by atomic mass is 35.5. The molecule has 1 aliphatic heterocycles. The summed E-state index contributed by atoms with van der Waals surface area (Å²) in [6.07, 6.45) is 3.29. The van der Waals surface area contributed by atoms with Crippen LogP contribution in [0.25, 0.3) is 0 Å². The van der Waals surface area contributed by atoms with Crippen LogP contribution in [0, 0.1) is 0 Å². The van der Waals surface area contributed by atoms with Gasteiger partial charge in [-0.05, 0) is 50.9 Å². The highest BCUT2D eigenvalue weighted by molar-refractivity contribution is 6.30. The smallest absolute Gasteiger partial charge is 0.387 e. The number of rotatable bonds is 8. The van der Waals surface area contributed by atoms with Gasteiger partial charge < -0.3 is 20.3 Å². The molecule has 5 nitrogen and oxygen atoms in total. The molecule has 1 heterocycles. The van der Waals surface area contributed by atoms with Crippen molar-refractivity contribution in [3.05, 3.63) is 28.8 Å². The highest BCUT2D eigenvalue weighted by Crippen LogP contribution is 2.25. The Bertz CT molecular complexity index is 607. The molecule has 1 aromatic carbocycles. The van der Waals surface area contributed by atoms with Crippen molar-refractivity contribution in [1.29, 1.82) is 0 Å². The van der Waals surface area contributed by atoms with Crippen LogP contribution in [0.1, 0.15) is 38.7 Å². The topological polar surface area (TPSA) is 48.9 Å². The lowest BCUT2D eigenvalue weighted by molar-refractivity contribution is -0.0504. The number of aliphatic imine (C=N–C) groups is 1. The summed E-state index contributed by atoms with van der Waals surface area (Å²) in [5, 5.41) is 7.13. The number of piperidine rings is 1. The molecule has 2 rings (SSSR count). The minimum Gasteiger partial charge on any atom is -0.434 e. The zero-order valence-corrected chi connectivity index (χ0v) is 16.7. The summed E-state index contributed by atoms with van der Waals surface area (Å²) >= 11 is 6.00. The molecule has 0 spiro atoms. The Morgan fingerprint density at radius 3 is 2.70 bits per heavy atom. The van der Waals surface area contributed by atoms with Crippen LogP contribution in [0.5, 0.6) is 5.75 Å². The van der Waals surface area contributed by atoms with E-state index in [-0.39, 0.29) is 12.3 Å². The van der Waals surface area contributed by atoms with Gasteiger partial charge >= 0.3 is 6.61 Å². The zero-order valence-electron chi connectivity index (χ0n) is 16.0. The SMILES string of the molecule is CCCN1CCC(NC(=NCc2cc(Cl)ccc2OC(F)F)NCC)CC1. The monoisotopic (exact) mass is 402 g/mol. The van der Waals surface area contributed by atoms with E-state index < -0.39 is 6.61 Å². The lowest BCUT2D eigenvalue weighted by atomic mass is 10.1. The second-order valence-electron chi connectivity index (χ2n) is 6.59. The van der Waals surface area contributed by atoms with E-state index in [9.17, 15) is 8.78 Å². The van der Waals surface area contributed by atoms with Gasteiger partial charge in [0.15, 0.2) is 5.96 Å². The Balaban J connectivity index is 2.00. The fourth-order valence-corrected chi connectivity index (χ4v) is 3.37. The number of hydrogen-bond acceptors (Lipinski definition) is 3. The van der Waals surface area contributed by atoms with Gasteiger partial charge in [0.25, 0.3) is 0 Å². The van der Waals surface area contributed by atoms with Gasteiger partial charge in [0.1, 0.15) is 5.75 Å². The number of hydrogen-bond donors (Lipinski definition) is 2. The first-order valence-electron chi connectivity index (χ1n) is 9.52. The number of likely N-dealkylation sites (tertiary alicyclic amines) is 1. The molecule has 0 radical (unpaired) electrons. The van der Waals surface area contributed by atoms with Crippen molar-refractivity contribution < 1.29 is 13.5 Å². The summed E-state index contributed by atoms with van der Waals surface area (Å²) in [6.45, 7) is 5.52. The third-order valence-electron chi connectivity index (χ3n) is 4.46. The first kappa shape index (κ1) is 21.7. The molecule has 0 unspecified atom stereocenters. The summed E-state index contributed by atoms with van der Waals surface area (Å²) in [4.78, 5) is 7.01. The van der Waals surface area contributed by atoms with Gasteiger partial charge in [0.2, 0.25) is 0 Å². The normalized spacial score (nSPS) is 16.6. The van der Waals surface area contributed by atoms with Crippen molar-refractivity contribution in [3.8, 4) is 5.75 Å². The van der Waals surface area contributed by atoms with Crippen LogP contribution in [-0.2, 0) is 6.54 Å². The first-order valence-corrected chi connectivity index (χ1v) is 9.90. The second-order valence-corrected chi connectivity index (χ2v) is 7.02. The maximum absolute atomic E-state index is 12.6. The molecular formula is C19H29ClF2N4O. The molecule has 0 aliphatic carbocycles. The Morgan fingerprint density at radius 2 is 2.07 bits per heavy atom. The number of halogens is 3. The summed E-state index contributed by atoms with van der Waals surface area (Å²) in [5.41, 5.74) is 0.526. The molecule has 1 aliphatic rings. The Morgan fingerprint density at radius 1 is 1.33 bits per heavy atom. The van der Waals surface area contributed by atoms with Crippen LogP contribution in [0.3, 0.4) is 0 Å². The standard InChI is InChI=1S/C19H29ClF2N4O/c1-3-9-26-10-7-16(8-11-26)25-19(23-4-2)24-13-14-12-15(20)5-6-17(14)27-18(21)22/h5-6,12,16,18H,3-4,7-11,13H2,1-2H3,(H2,23,24,25). The van der Waals surface area contributed by atoms with Crippen LogP contribution in [0.4, 0.5) is 8.78 Å². The Hall–Kier alpha value is -1.60. The van der Waals surface area contributed by atoms with Crippen molar-refractivity contribution in [1.82, 2.24) is 15.5 Å². The molecule has 2 N–H and O–H groups in total. The van der Waals surface area contributed by atoms with Crippen LogP contribution in [0.15, 0.2) is 23.2 Å². The summed E-state index contributed by atoms with van der Waals surface area (Å²) in [7, 11) is 0. The summed E-state index contributed by atoms with van der Waals surface area (Å²) < 4.78 is 29.8. The molecule has 152 valence electrons. The van der Waals surface area contributed by atoms with E-state index in [0.717, 1.165) is 39.0 Å². The van der Waals surface area contributed by atoms with Gasteiger partial charge in [-0.3, -0.25) is 0 Å². The molecule has 8 heteroatoms. The van der Waals surface area contributed by atoms with Crippen LogP contribution in [-0.4, -0.2) is 49.7 Å². The maximum Gasteiger partial charge on any atom is 0.387 e. The average molecular weight is 403 g/mol. The predicted octanol–water partition coefficient (Wildman–Crippen LogP) is 3.87. The molecule has 0 atom stereocenters. The molecule has 0 amide bonds. The summed E-state index contributed by atoms with van der Waals surface area (Å²) in [6, 6.07) is 4.94. The number of benzene rings is 1. The number of nitrogens with one attached hydrogen (secondary N) is 2. The van der Waals surface area contributed by atoms with Gasteiger partial charge in [0, 0.05) is 36.3 Å². The minimum absolute atomic E-state index is 0.0990. The molecular weight excluding hydrogens is 374 g/mol. The number of nitrogens with zero attached hydrogens (tertiary/aromatic N) is 2. The van der Waals surface area contributed by atoms with Crippen molar-refractivity contribution in [2.24, 2.45) is 4.99 Å². The van der Waals surface area contributed by atoms with Crippen molar-refractivity contribution >= 4 is 17.6 Å². The summed E-state index contributed by atoms with van der Waals surface area (Å²) in [5.74, 6) is 0.774. The highest BCUT2D eigenvalue weighted by Gasteiger charge is 2.19. The van der Waals surface area contributed by atoms with E-state index in [1.54, 1.807) is 6.07 Å². The van der Waals surface area contributed by atoms with Gasteiger partial charge in [-0.2, -0.15) is 8.78 Å². The third kappa shape index (κ3) is 7.50. The van der Waals surface area contributed by atoms with Crippen molar-refractivity contribution in [2.45, 2.75) is 52.3 Å². The third-order valence-corrected chi connectivity index (χ3v) is 4.69. The van der Waals surface area contributed by atoms with Crippen LogP contribution < -0.4 is 15.4 Å². The van der Waals surface area contributed by atoms with E-state index in [2.05, 4.69) is 32.2 Å². The van der Waals surface area contributed by atoms with E-state index in [4.69, 9.17) is 11.6 Å². The van der Waals surface area contributed by atoms with Gasteiger partial charge in [-0.25, -0.2) is 4.99 Å². The van der Waals surface area contributed by atoms with Crippen molar-refractivity contribution in [3.63, 3.8) is 0 Å². The molecule has 1 fully saturated rings. The molecule has 0 bridgehead atoms. The molecule has 1 aromatic rings. The Labute approximate surface area is 165 Å². The number of alkyl halides is 2.